The molecule has 0 aliphatic carbocycles. The van der Waals surface area contributed by atoms with Gasteiger partial charge in [-0.3, -0.25) is 5.41 Å². The Balaban J connectivity index is 2.99. The number of nitrogen functional groups attached to an aromatic ring is 1. The molecular weight excluding hydrogens is 256 g/mol. The van der Waals surface area contributed by atoms with Gasteiger partial charge >= 0.3 is 0 Å². The van der Waals surface area contributed by atoms with Gasteiger partial charge < -0.3 is 10.5 Å². The maximum absolute atomic E-state index is 7.77. The van der Waals surface area contributed by atoms with E-state index in [0.717, 1.165) is 28.4 Å². The van der Waals surface area contributed by atoms with Crippen molar-refractivity contribution in [3.63, 3.8) is 0 Å². The van der Waals surface area contributed by atoms with Crippen molar-refractivity contribution >= 4 is 17.6 Å². The molecule has 1 rings (SSSR count). The van der Waals surface area contributed by atoms with E-state index in [9.17, 15) is 0 Å². The van der Waals surface area contributed by atoms with Crippen molar-refractivity contribution in [2.75, 3.05) is 5.75 Å². The van der Waals surface area contributed by atoms with Gasteiger partial charge in [0.05, 0.1) is 11.7 Å². The van der Waals surface area contributed by atoms with E-state index < -0.39 is 0 Å². The van der Waals surface area contributed by atoms with Gasteiger partial charge in [0, 0.05) is 4.90 Å². The van der Waals surface area contributed by atoms with Gasteiger partial charge in [-0.25, -0.2) is 0 Å². The standard InChI is InChI=1S/C15H24N2OS/c1-5-19-13-8-6-7-12(14(13)15(16)17)18-11(4)9-10(2)3/h6-8,10-11H,5,9H2,1-4H3,(H3,16,17). The third-order valence-corrected chi connectivity index (χ3v) is 3.63. The number of ether oxygens (including phenoxy) is 1. The smallest absolute Gasteiger partial charge is 0.131 e. The number of amidine groups is 1. The van der Waals surface area contributed by atoms with Crippen LogP contribution >= 0.6 is 11.8 Å². The Labute approximate surface area is 120 Å². The molecule has 0 fully saturated rings. The van der Waals surface area contributed by atoms with E-state index in [2.05, 4.69) is 27.7 Å². The first-order chi connectivity index (χ1) is 8.95. The summed E-state index contributed by atoms with van der Waals surface area (Å²) in [6.07, 6.45) is 1.11. The van der Waals surface area contributed by atoms with Gasteiger partial charge in [0.1, 0.15) is 11.6 Å². The summed E-state index contributed by atoms with van der Waals surface area (Å²) in [4.78, 5) is 1.02. The average molecular weight is 280 g/mol. The number of nitrogens with one attached hydrogen (secondary N) is 1. The fourth-order valence-corrected chi connectivity index (χ4v) is 2.92. The third-order valence-electron chi connectivity index (χ3n) is 2.69. The molecule has 0 saturated heterocycles. The molecule has 0 bridgehead atoms. The van der Waals surface area contributed by atoms with Crippen LogP contribution in [0.1, 0.15) is 39.7 Å². The van der Waals surface area contributed by atoms with Crippen molar-refractivity contribution in [2.45, 2.75) is 45.1 Å². The number of nitrogens with two attached hydrogens (primary N) is 1. The van der Waals surface area contributed by atoms with Gasteiger partial charge in [-0.1, -0.05) is 26.8 Å². The first kappa shape index (κ1) is 15.9. The van der Waals surface area contributed by atoms with E-state index in [1.54, 1.807) is 11.8 Å². The average Bonchev–Trinajstić information content (AvgIpc) is 2.27. The number of benzene rings is 1. The van der Waals surface area contributed by atoms with E-state index in [0.29, 0.717) is 5.92 Å². The Morgan fingerprint density at radius 1 is 1.37 bits per heavy atom. The first-order valence-corrected chi connectivity index (χ1v) is 7.71. The topological polar surface area (TPSA) is 59.1 Å². The highest BCUT2D eigenvalue weighted by Crippen LogP contribution is 2.30. The van der Waals surface area contributed by atoms with Crippen molar-refractivity contribution in [2.24, 2.45) is 11.7 Å². The van der Waals surface area contributed by atoms with Crippen LogP contribution in [0, 0.1) is 11.3 Å². The van der Waals surface area contributed by atoms with Gasteiger partial charge in [0.2, 0.25) is 0 Å². The highest BCUT2D eigenvalue weighted by Gasteiger charge is 2.15. The van der Waals surface area contributed by atoms with E-state index in [4.69, 9.17) is 15.9 Å². The zero-order chi connectivity index (χ0) is 14.4. The minimum absolute atomic E-state index is 0.0725. The van der Waals surface area contributed by atoms with Crippen LogP contribution in [0.4, 0.5) is 0 Å². The lowest BCUT2D eigenvalue weighted by molar-refractivity contribution is 0.192. The first-order valence-electron chi connectivity index (χ1n) is 6.72. The Bertz CT molecular complexity index is 432. The highest BCUT2D eigenvalue weighted by molar-refractivity contribution is 7.99. The summed E-state index contributed by atoms with van der Waals surface area (Å²) in [5.74, 6) is 2.33. The maximum Gasteiger partial charge on any atom is 0.131 e. The summed E-state index contributed by atoms with van der Waals surface area (Å²) < 4.78 is 5.97. The zero-order valence-corrected chi connectivity index (χ0v) is 13.0. The Hall–Kier alpha value is -1.16. The molecule has 0 aliphatic heterocycles. The molecule has 3 N–H and O–H groups in total. The Kier molecular flexibility index (Phi) is 6.22. The van der Waals surface area contributed by atoms with Crippen LogP contribution in [-0.4, -0.2) is 17.7 Å². The summed E-state index contributed by atoms with van der Waals surface area (Å²) in [7, 11) is 0. The van der Waals surface area contributed by atoms with Crippen molar-refractivity contribution in [3.8, 4) is 5.75 Å². The Morgan fingerprint density at radius 2 is 2.05 bits per heavy atom. The van der Waals surface area contributed by atoms with Crippen molar-refractivity contribution in [1.82, 2.24) is 0 Å². The van der Waals surface area contributed by atoms with Crippen LogP contribution in [0.15, 0.2) is 23.1 Å². The van der Waals surface area contributed by atoms with Crippen LogP contribution in [-0.2, 0) is 0 Å². The second-order valence-corrected chi connectivity index (χ2v) is 6.34. The van der Waals surface area contributed by atoms with Gasteiger partial charge in [0.25, 0.3) is 0 Å². The molecule has 4 heteroatoms. The van der Waals surface area contributed by atoms with Gasteiger partial charge in [-0.15, -0.1) is 11.8 Å². The van der Waals surface area contributed by atoms with E-state index in [-0.39, 0.29) is 11.9 Å². The monoisotopic (exact) mass is 280 g/mol. The molecule has 0 amide bonds. The van der Waals surface area contributed by atoms with E-state index in [1.807, 2.05) is 18.2 Å². The molecule has 0 saturated carbocycles. The molecule has 1 aromatic carbocycles. The normalized spacial score (nSPS) is 12.5. The predicted octanol–water partition coefficient (Wildman–Crippen LogP) is 3.90. The SMILES string of the molecule is CCSc1cccc(OC(C)CC(C)C)c1C(=N)N. The van der Waals surface area contributed by atoms with Gasteiger partial charge in [-0.05, 0) is 37.1 Å². The van der Waals surface area contributed by atoms with Crippen LogP contribution in [0.5, 0.6) is 5.75 Å². The number of hydrogen-bond acceptors (Lipinski definition) is 3. The fourth-order valence-electron chi connectivity index (χ4n) is 2.08. The number of rotatable bonds is 7. The van der Waals surface area contributed by atoms with Gasteiger partial charge in [0.15, 0.2) is 0 Å². The molecule has 106 valence electrons. The fraction of sp³-hybridized carbons (Fsp3) is 0.533. The molecule has 3 nitrogen and oxygen atoms in total. The second-order valence-electron chi connectivity index (χ2n) is 5.03. The molecule has 0 aliphatic rings. The molecule has 0 aromatic heterocycles. The van der Waals surface area contributed by atoms with Crippen molar-refractivity contribution in [3.05, 3.63) is 23.8 Å². The van der Waals surface area contributed by atoms with Crippen molar-refractivity contribution in [1.29, 1.82) is 5.41 Å². The van der Waals surface area contributed by atoms with E-state index in [1.165, 1.54) is 0 Å². The molecule has 1 atom stereocenters. The Morgan fingerprint density at radius 3 is 2.58 bits per heavy atom. The summed E-state index contributed by atoms with van der Waals surface area (Å²) >= 11 is 1.68. The second kappa shape index (κ2) is 7.43. The number of hydrogen-bond donors (Lipinski definition) is 2. The van der Waals surface area contributed by atoms with E-state index >= 15 is 0 Å². The minimum Gasteiger partial charge on any atom is -0.490 e. The largest absolute Gasteiger partial charge is 0.490 e. The molecule has 1 unspecified atom stereocenters. The van der Waals surface area contributed by atoms with Crippen LogP contribution in [0.2, 0.25) is 0 Å². The molecule has 19 heavy (non-hydrogen) atoms. The number of thioether (sulfide) groups is 1. The quantitative estimate of drug-likeness (QED) is 0.452. The lowest BCUT2D eigenvalue weighted by atomic mass is 10.1. The van der Waals surface area contributed by atoms with Crippen LogP contribution < -0.4 is 10.5 Å². The summed E-state index contributed by atoms with van der Waals surface area (Å²) in [5.41, 5.74) is 6.44. The summed E-state index contributed by atoms with van der Waals surface area (Å²) in [6, 6.07) is 5.85. The minimum atomic E-state index is 0.0725. The highest BCUT2D eigenvalue weighted by atomic mass is 32.2. The summed E-state index contributed by atoms with van der Waals surface area (Å²) in [6.45, 7) is 8.50. The van der Waals surface area contributed by atoms with Crippen LogP contribution in [0.3, 0.4) is 0 Å². The predicted molar refractivity (Wildman–Crippen MR) is 83.4 cm³/mol. The lowest BCUT2D eigenvalue weighted by Gasteiger charge is -2.20. The van der Waals surface area contributed by atoms with Crippen molar-refractivity contribution < 1.29 is 4.74 Å². The maximum atomic E-state index is 7.77. The third kappa shape index (κ3) is 4.78. The van der Waals surface area contributed by atoms with Crippen LogP contribution in [0.25, 0.3) is 0 Å². The molecule has 0 spiro atoms. The van der Waals surface area contributed by atoms with Gasteiger partial charge in [-0.2, -0.15) is 0 Å². The molecule has 0 radical (unpaired) electrons. The molecular formula is C15H24N2OS. The summed E-state index contributed by atoms with van der Waals surface area (Å²) in [5, 5.41) is 7.77. The zero-order valence-electron chi connectivity index (χ0n) is 12.2. The molecule has 1 aromatic rings. The molecule has 0 heterocycles. The lowest BCUT2D eigenvalue weighted by Crippen LogP contribution is -2.19.